The fourth-order valence-electron chi connectivity index (χ4n) is 1.42. The smallest absolute Gasteiger partial charge is 0.323 e. The highest BCUT2D eigenvalue weighted by molar-refractivity contribution is 14.1. The molecule has 4 nitrogen and oxygen atoms in total. The highest BCUT2D eigenvalue weighted by Crippen LogP contribution is 2.24. The number of hydrogen-bond acceptors (Lipinski definition) is 3. The maximum Gasteiger partial charge on any atom is 0.323 e. The van der Waals surface area contributed by atoms with Crippen molar-refractivity contribution in [1.82, 2.24) is 0 Å². The highest BCUT2D eigenvalue weighted by atomic mass is 127. The molecule has 1 rings (SSSR count). The van der Waals surface area contributed by atoms with Crippen molar-refractivity contribution in [1.29, 1.82) is 0 Å². The monoisotopic (exact) mass is 366 g/mol. The molecule has 0 aromatic heterocycles. The lowest BCUT2D eigenvalue weighted by Crippen LogP contribution is -2.46. The van der Waals surface area contributed by atoms with Crippen LogP contribution in [0.25, 0.3) is 0 Å². The SMILES string of the molecule is C[C@@](N)(Cc1ccc(I)c(OCC[18F])c1)C(=O)O. The first-order valence-electron chi connectivity index (χ1n) is 5.36. The van der Waals surface area contributed by atoms with Crippen molar-refractivity contribution in [2.75, 3.05) is 13.3 Å². The van der Waals surface area contributed by atoms with Gasteiger partial charge < -0.3 is 15.6 Å². The zero-order valence-corrected chi connectivity index (χ0v) is 12.1. The van der Waals surface area contributed by atoms with Gasteiger partial charge in [0.25, 0.3) is 0 Å². The minimum absolute atomic E-state index is 0.0156. The minimum atomic E-state index is -1.33. The summed E-state index contributed by atoms with van der Waals surface area (Å²) in [5.74, 6) is -0.515. The molecule has 0 spiro atoms. The van der Waals surface area contributed by atoms with Gasteiger partial charge in [-0.15, -0.1) is 0 Å². The number of carboxylic acids is 1. The average Bonchev–Trinajstić information content (AvgIpc) is 2.29. The molecule has 0 saturated heterocycles. The molecule has 3 N–H and O–H groups in total. The summed E-state index contributed by atoms with van der Waals surface area (Å²) in [6.45, 7) is 0.873. The van der Waals surface area contributed by atoms with Crippen molar-refractivity contribution >= 4 is 28.6 Å². The Morgan fingerprint density at radius 2 is 2.28 bits per heavy atom. The Labute approximate surface area is 118 Å². The van der Waals surface area contributed by atoms with Gasteiger partial charge in [-0.3, -0.25) is 4.79 Å². The van der Waals surface area contributed by atoms with Crippen molar-refractivity contribution in [3.63, 3.8) is 0 Å². The zero-order valence-electron chi connectivity index (χ0n) is 9.95. The van der Waals surface area contributed by atoms with Crippen LogP contribution in [0.3, 0.4) is 0 Å². The molecule has 0 unspecified atom stereocenters. The Balaban J connectivity index is 2.88. The summed E-state index contributed by atoms with van der Waals surface area (Å²) in [4.78, 5) is 10.9. The van der Waals surface area contributed by atoms with E-state index < -0.39 is 18.2 Å². The first-order valence-corrected chi connectivity index (χ1v) is 6.44. The molecule has 0 bridgehead atoms. The van der Waals surface area contributed by atoms with Crippen molar-refractivity contribution in [3.8, 4) is 5.75 Å². The van der Waals surface area contributed by atoms with Crippen LogP contribution >= 0.6 is 22.6 Å². The quantitative estimate of drug-likeness (QED) is 0.756. The second-order valence-corrected chi connectivity index (χ2v) is 5.36. The fraction of sp³-hybridized carbons (Fsp3) is 0.417. The molecule has 100 valence electrons. The number of hydrogen-bond donors (Lipinski definition) is 2. The maximum atomic E-state index is 12.1. The third-order valence-corrected chi connectivity index (χ3v) is 3.28. The number of halogens is 2. The first kappa shape index (κ1) is 15.2. The zero-order chi connectivity index (χ0) is 13.8. The van der Waals surface area contributed by atoms with E-state index >= 15 is 0 Å². The Kier molecular flexibility index (Phi) is 5.33. The normalized spacial score (nSPS) is 14.0. The van der Waals surface area contributed by atoms with Gasteiger partial charge in [-0.25, -0.2) is 4.39 Å². The van der Waals surface area contributed by atoms with Gasteiger partial charge in [0.2, 0.25) is 0 Å². The van der Waals surface area contributed by atoms with Crippen molar-refractivity contribution in [2.24, 2.45) is 5.73 Å². The van der Waals surface area contributed by atoms with Gasteiger partial charge >= 0.3 is 5.97 Å². The molecule has 0 amide bonds. The van der Waals surface area contributed by atoms with E-state index in [0.29, 0.717) is 5.75 Å². The number of carbonyl (C=O) groups is 1. The summed E-state index contributed by atoms with van der Waals surface area (Å²) in [5, 5.41) is 8.96. The van der Waals surface area contributed by atoms with Crippen LogP contribution in [-0.2, 0) is 11.2 Å². The lowest BCUT2D eigenvalue weighted by Gasteiger charge is -2.19. The lowest BCUT2D eigenvalue weighted by atomic mass is 9.94. The molecule has 0 aliphatic carbocycles. The largest absolute Gasteiger partial charge is 0.490 e. The molecule has 0 heterocycles. The molecule has 18 heavy (non-hydrogen) atoms. The topological polar surface area (TPSA) is 72.5 Å². The van der Waals surface area contributed by atoms with E-state index in [-0.39, 0.29) is 13.0 Å². The van der Waals surface area contributed by atoms with Crippen LogP contribution in [0, 0.1) is 3.57 Å². The van der Waals surface area contributed by atoms with Crippen LogP contribution in [0.1, 0.15) is 12.5 Å². The molecule has 1 aromatic rings. The molecule has 0 radical (unpaired) electrons. The number of carboxylic acid groups (broad SMARTS) is 1. The van der Waals surface area contributed by atoms with E-state index in [1.54, 1.807) is 18.2 Å². The summed E-state index contributed by atoms with van der Waals surface area (Å²) < 4.78 is 18.1. The molecule has 0 aliphatic rings. The molecular formula is C12H15FINO3. The van der Waals surface area contributed by atoms with Crippen LogP contribution < -0.4 is 10.5 Å². The predicted octanol–water partition coefficient (Wildman–Crippen LogP) is 1.98. The molecule has 1 atom stereocenters. The third kappa shape index (κ3) is 4.09. The molecular weight excluding hydrogens is 351 g/mol. The number of rotatable bonds is 6. The number of alkyl halides is 1. The number of nitrogens with two attached hydrogens (primary N) is 1. The van der Waals surface area contributed by atoms with Gasteiger partial charge in [0.1, 0.15) is 24.6 Å². The molecule has 0 aliphatic heterocycles. The molecule has 0 fully saturated rings. The van der Waals surface area contributed by atoms with E-state index in [0.717, 1.165) is 9.13 Å². The van der Waals surface area contributed by atoms with Crippen molar-refractivity contribution in [2.45, 2.75) is 18.9 Å². The van der Waals surface area contributed by atoms with Crippen molar-refractivity contribution in [3.05, 3.63) is 27.3 Å². The van der Waals surface area contributed by atoms with Crippen LogP contribution in [0.2, 0.25) is 0 Å². The summed E-state index contributed by atoms with van der Waals surface area (Å²) >= 11 is 2.07. The van der Waals surface area contributed by atoms with Crippen LogP contribution in [-0.4, -0.2) is 29.9 Å². The third-order valence-electron chi connectivity index (χ3n) is 2.39. The molecule has 1 aromatic carbocycles. The second-order valence-electron chi connectivity index (χ2n) is 4.20. The average molecular weight is 366 g/mol. The number of ether oxygens (including phenoxy) is 1. The molecule has 0 saturated carbocycles. The van der Waals surface area contributed by atoms with E-state index in [2.05, 4.69) is 22.6 Å². The Morgan fingerprint density at radius 3 is 2.83 bits per heavy atom. The van der Waals surface area contributed by atoms with E-state index in [1.165, 1.54) is 6.92 Å². The Hall–Kier alpha value is -0.890. The van der Waals surface area contributed by atoms with Gasteiger partial charge in [-0.1, -0.05) is 6.07 Å². The highest BCUT2D eigenvalue weighted by Gasteiger charge is 2.28. The summed E-state index contributed by atoms with van der Waals surface area (Å²) in [7, 11) is 0. The van der Waals surface area contributed by atoms with Gasteiger partial charge in [0.15, 0.2) is 0 Å². The number of benzene rings is 1. The van der Waals surface area contributed by atoms with Crippen LogP contribution in [0.15, 0.2) is 18.2 Å². The van der Waals surface area contributed by atoms with Gasteiger partial charge in [0, 0.05) is 6.42 Å². The molecule has 6 heteroatoms. The summed E-state index contributed by atoms with van der Waals surface area (Å²) in [5.41, 5.74) is 5.10. The van der Waals surface area contributed by atoms with Gasteiger partial charge in [0.05, 0.1) is 3.57 Å². The number of aliphatic carboxylic acids is 1. The standard InChI is InChI=1S/C12H15FINO3/c1-12(15,11(16)17)7-8-2-3-9(14)10(6-8)18-5-4-13/h2-3,6H,4-5,7,15H2,1H3,(H,16,17)/t12-/m1/s1/i13-1. The van der Waals surface area contributed by atoms with Gasteiger partial charge in [-0.05, 0) is 47.2 Å². The predicted molar refractivity (Wildman–Crippen MR) is 74.6 cm³/mol. The fourth-order valence-corrected chi connectivity index (χ4v) is 1.91. The summed E-state index contributed by atoms with van der Waals surface area (Å²) in [6.07, 6.45) is 0.186. The van der Waals surface area contributed by atoms with E-state index in [1.807, 2.05) is 0 Å². The van der Waals surface area contributed by atoms with E-state index in [9.17, 15) is 9.18 Å². The maximum absolute atomic E-state index is 12.1. The first-order chi connectivity index (χ1) is 8.36. The summed E-state index contributed by atoms with van der Waals surface area (Å²) in [6, 6.07) is 5.28. The second kappa shape index (κ2) is 6.33. The van der Waals surface area contributed by atoms with Crippen LogP contribution in [0.4, 0.5) is 4.39 Å². The lowest BCUT2D eigenvalue weighted by molar-refractivity contribution is -0.142. The minimum Gasteiger partial charge on any atom is -0.490 e. The van der Waals surface area contributed by atoms with Crippen molar-refractivity contribution < 1.29 is 19.0 Å². The van der Waals surface area contributed by atoms with Crippen LogP contribution in [0.5, 0.6) is 5.75 Å². The Bertz CT molecular complexity index is 437. The Morgan fingerprint density at radius 1 is 1.61 bits per heavy atom. The van der Waals surface area contributed by atoms with E-state index in [4.69, 9.17) is 15.6 Å². The van der Waals surface area contributed by atoms with Gasteiger partial charge in [-0.2, -0.15) is 0 Å².